The Hall–Kier alpha value is -1.92. The highest BCUT2D eigenvalue weighted by Gasteiger charge is 2.24. The molecule has 136 valence electrons. The molecule has 26 heavy (non-hydrogen) atoms. The van der Waals surface area contributed by atoms with Crippen LogP contribution < -0.4 is 5.32 Å². The van der Waals surface area contributed by atoms with Gasteiger partial charge in [0.2, 0.25) is 5.91 Å². The summed E-state index contributed by atoms with van der Waals surface area (Å²) in [7, 11) is 0. The molecule has 0 atom stereocenters. The van der Waals surface area contributed by atoms with Gasteiger partial charge in [-0.2, -0.15) is 0 Å². The third kappa shape index (κ3) is 4.62. The van der Waals surface area contributed by atoms with E-state index in [1.165, 1.54) is 10.8 Å². The molecule has 0 spiro atoms. The van der Waals surface area contributed by atoms with Gasteiger partial charge in [-0.05, 0) is 23.8 Å². The lowest BCUT2D eigenvalue weighted by Crippen LogP contribution is -2.38. The van der Waals surface area contributed by atoms with Gasteiger partial charge in [0.1, 0.15) is 10.8 Å². The Kier molecular flexibility index (Phi) is 5.94. The summed E-state index contributed by atoms with van der Waals surface area (Å²) in [6.45, 7) is 4.26. The summed E-state index contributed by atoms with van der Waals surface area (Å²) in [5.74, 6) is 0.796. The molecule has 3 rings (SSSR count). The second-order valence-electron chi connectivity index (χ2n) is 6.71. The average molecular weight is 389 g/mol. The molecule has 0 aliphatic carbocycles. The maximum absolute atomic E-state index is 14.0. The normalized spacial score (nSPS) is 11.7. The van der Waals surface area contributed by atoms with E-state index in [9.17, 15) is 9.18 Å². The van der Waals surface area contributed by atoms with Crippen LogP contribution in [0.25, 0.3) is 10.2 Å². The van der Waals surface area contributed by atoms with Crippen molar-refractivity contribution in [1.82, 2.24) is 10.3 Å². The first kappa shape index (κ1) is 18.9. The molecule has 0 radical (unpaired) electrons. The molecule has 6 heteroatoms. The van der Waals surface area contributed by atoms with Gasteiger partial charge in [-0.25, -0.2) is 9.37 Å². The minimum atomic E-state index is -0.460. The molecule has 0 saturated heterocycles. The SMILES string of the molecule is CC(C)(CNC(=O)CSCc1nc2ccccc2s1)c1ccccc1F. The topological polar surface area (TPSA) is 42.0 Å². The summed E-state index contributed by atoms with van der Waals surface area (Å²) in [6, 6.07) is 14.7. The first-order valence-electron chi connectivity index (χ1n) is 8.39. The van der Waals surface area contributed by atoms with Gasteiger partial charge < -0.3 is 5.32 Å². The molecular formula is C20H21FN2OS2. The summed E-state index contributed by atoms with van der Waals surface area (Å²) in [6.07, 6.45) is 0. The van der Waals surface area contributed by atoms with E-state index < -0.39 is 5.41 Å². The van der Waals surface area contributed by atoms with Crippen LogP contribution in [-0.4, -0.2) is 23.2 Å². The van der Waals surface area contributed by atoms with E-state index in [1.54, 1.807) is 35.2 Å². The van der Waals surface area contributed by atoms with Gasteiger partial charge in [-0.3, -0.25) is 4.79 Å². The Morgan fingerprint density at radius 2 is 1.92 bits per heavy atom. The fourth-order valence-electron chi connectivity index (χ4n) is 2.69. The van der Waals surface area contributed by atoms with Gasteiger partial charge in [0.05, 0.1) is 16.0 Å². The number of thioether (sulfide) groups is 1. The smallest absolute Gasteiger partial charge is 0.230 e. The van der Waals surface area contributed by atoms with Crippen LogP contribution in [0, 0.1) is 5.82 Å². The molecule has 1 N–H and O–H groups in total. The molecule has 0 saturated carbocycles. The summed E-state index contributed by atoms with van der Waals surface area (Å²) < 4.78 is 15.1. The third-order valence-corrected chi connectivity index (χ3v) is 6.29. The standard InChI is InChI=1S/C20H21FN2OS2/c1-20(2,14-7-3-4-8-15(14)21)13-22-18(24)11-25-12-19-23-16-9-5-6-10-17(16)26-19/h3-10H,11-13H2,1-2H3,(H,22,24). The fourth-order valence-corrected chi connectivity index (χ4v) is 4.57. The molecular weight excluding hydrogens is 367 g/mol. The van der Waals surface area contributed by atoms with Crippen molar-refractivity contribution in [1.29, 1.82) is 0 Å². The highest BCUT2D eigenvalue weighted by molar-refractivity contribution is 7.99. The summed E-state index contributed by atoms with van der Waals surface area (Å²) >= 11 is 3.20. The quantitative estimate of drug-likeness (QED) is 0.634. The fraction of sp³-hybridized carbons (Fsp3) is 0.300. The lowest BCUT2D eigenvalue weighted by atomic mass is 9.84. The average Bonchev–Trinajstić information content (AvgIpc) is 3.03. The number of benzene rings is 2. The zero-order chi connectivity index (χ0) is 18.6. The van der Waals surface area contributed by atoms with Crippen LogP contribution in [0.3, 0.4) is 0 Å². The minimum Gasteiger partial charge on any atom is -0.355 e. The number of rotatable bonds is 7. The van der Waals surface area contributed by atoms with Crippen molar-refractivity contribution in [3.8, 4) is 0 Å². The Balaban J connectivity index is 1.47. The van der Waals surface area contributed by atoms with E-state index in [0.717, 1.165) is 10.5 Å². The lowest BCUT2D eigenvalue weighted by Gasteiger charge is -2.26. The number of aromatic nitrogens is 1. The predicted octanol–water partition coefficient (Wildman–Crippen LogP) is 4.76. The summed E-state index contributed by atoms with van der Waals surface area (Å²) in [4.78, 5) is 16.7. The molecule has 1 heterocycles. The number of hydrogen-bond acceptors (Lipinski definition) is 4. The molecule has 2 aromatic carbocycles. The number of nitrogens with one attached hydrogen (secondary N) is 1. The molecule has 1 aromatic heterocycles. The molecule has 0 unspecified atom stereocenters. The highest BCUT2D eigenvalue weighted by Crippen LogP contribution is 2.26. The van der Waals surface area contributed by atoms with Gasteiger partial charge in [0.15, 0.2) is 0 Å². The number of fused-ring (bicyclic) bond motifs is 1. The number of hydrogen-bond donors (Lipinski definition) is 1. The number of nitrogens with zero attached hydrogens (tertiary/aromatic N) is 1. The first-order valence-corrected chi connectivity index (χ1v) is 10.4. The van der Waals surface area contributed by atoms with E-state index in [2.05, 4.69) is 16.4 Å². The van der Waals surface area contributed by atoms with Crippen LogP contribution in [0.5, 0.6) is 0 Å². The predicted molar refractivity (Wildman–Crippen MR) is 108 cm³/mol. The maximum Gasteiger partial charge on any atom is 0.230 e. The second-order valence-corrected chi connectivity index (χ2v) is 8.81. The van der Waals surface area contributed by atoms with Crippen molar-refractivity contribution in [2.45, 2.75) is 25.0 Å². The van der Waals surface area contributed by atoms with Crippen molar-refractivity contribution in [3.63, 3.8) is 0 Å². The van der Waals surface area contributed by atoms with Gasteiger partial charge in [0, 0.05) is 17.7 Å². The van der Waals surface area contributed by atoms with Crippen molar-refractivity contribution in [2.24, 2.45) is 0 Å². The van der Waals surface area contributed by atoms with E-state index in [0.29, 0.717) is 23.6 Å². The Morgan fingerprint density at radius 1 is 1.19 bits per heavy atom. The zero-order valence-electron chi connectivity index (χ0n) is 14.8. The third-order valence-electron chi connectivity index (χ3n) is 4.13. The Labute approximate surface area is 161 Å². The van der Waals surface area contributed by atoms with Crippen molar-refractivity contribution in [3.05, 3.63) is 64.9 Å². The van der Waals surface area contributed by atoms with E-state index in [4.69, 9.17) is 0 Å². The van der Waals surface area contributed by atoms with E-state index in [1.807, 2.05) is 38.1 Å². The van der Waals surface area contributed by atoms with Crippen LogP contribution in [0.4, 0.5) is 4.39 Å². The molecule has 1 amide bonds. The number of carbonyl (C=O) groups is 1. The number of halogens is 1. The van der Waals surface area contributed by atoms with E-state index >= 15 is 0 Å². The number of amides is 1. The van der Waals surface area contributed by atoms with Gasteiger partial charge in [-0.1, -0.05) is 44.2 Å². The van der Waals surface area contributed by atoms with Crippen molar-refractivity contribution in [2.75, 3.05) is 12.3 Å². The summed E-state index contributed by atoms with van der Waals surface area (Å²) in [5, 5.41) is 3.94. The van der Waals surface area contributed by atoms with Gasteiger partial charge >= 0.3 is 0 Å². The Morgan fingerprint density at radius 3 is 2.69 bits per heavy atom. The molecule has 0 aliphatic heterocycles. The lowest BCUT2D eigenvalue weighted by molar-refractivity contribution is -0.118. The number of para-hydroxylation sites is 1. The van der Waals surface area contributed by atoms with Crippen LogP contribution in [0.1, 0.15) is 24.4 Å². The van der Waals surface area contributed by atoms with Crippen molar-refractivity contribution >= 4 is 39.2 Å². The number of carbonyl (C=O) groups excluding carboxylic acids is 1. The van der Waals surface area contributed by atoms with Crippen molar-refractivity contribution < 1.29 is 9.18 Å². The first-order chi connectivity index (χ1) is 12.5. The van der Waals surface area contributed by atoms with Gasteiger partial charge in [-0.15, -0.1) is 23.1 Å². The van der Waals surface area contributed by atoms with Crippen LogP contribution in [0.2, 0.25) is 0 Å². The van der Waals surface area contributed by atoms with Crippen LogP contribution >= 0.6 is 23.1 Å². The monoisotopic (exact) mass is 388 g/mol. The van der Waals surface area contributed by atoms with Crippen LogP contribution in [0.15, 0.2) is 48.5 Å². The van der Waals surface area contributed by atoms with Gasteiger partial charge in [0.25, 0.3) is 0 Å². The number of thiazole rings is 1. The Bertz CT molecular complexity index is 874. The minimum absolute atomic E-state index is 0.0412. The molecule has 0 fully saturated rings. The maximum atomic E-state index is 14.0. The molecule has 3 aromatic rings. The van der Waals surface area contributed by atoms with Crippen LogP contribution in [-0.2, 0) is 16.0 Å². The molecule has 3 nitrogen and oxygen atoms in total. The molecule has 0 bridgehead atoms. The second kappa shape index (κ2) is 8.18. The highest BCUT2D eigenvalue weighted by atomic mass is 32.2. The zero-order valence-corrected chi connectivity index (χ0v) is 16.4. The largest absolute Gasteiger partial charge is 0.355 e. The van der Waals surface area contributed by atoms with E-state index in [-0.39, 0.29) is 11.7 Å². The summed E-state index contributed by atoms with van der Waals surface area (Å²) in [5.41, 5.74) is 1.16. The molecule has 0 aliphatic rings.